The SMILES string of the molecule is CCN(C(=O)c1ccc(F)cc1C#CCN)C(C)COC. The van der Waals surface area contributed by atoms with Crippen LogP contribution in [0.15, 0.2) is 18.2 Å². The predicted molar refractivity (Wildman–Crippen MR) is 80.4 cm³/mol. The Bertz CT molecular complexity index is 549. The van der Waals surface area contributed by atoms with Crippen LogP contribution in [-0.4, -0.2) is 43.7 Å². The fraction of sp³-hybridized carbons (Fsp3) is 0.438. The van der Waals surface area contributed by atoms with Gasteiger partial charge in [0.2, 0.25) is 0 Å². The second-order valence-electron chi connectivity index (χ2n) is 4.59. The number of amides is 1. The van der Waals surface area contributed by atoms with Gasteiger partial charge in [-0.3, -0.25) is 4.79 Å². The molecule has 1 unspecified atom stereocenters. The van der Waals surface area contributed by atoms with E-state index in [1.54, 1.807) is 12.0 Å². The van der Waals surface area contributed by atoms with Crippen LogP contribution in [0.4, 0.5) is 4.39 Å². The van der Waals surface area contributed by atoms with Crippen LogP contribution in [0.3, 0.4) is 0 Å². The molecule has 0 aliphatic carbocycles. The number of nitrogens with two attached hydrogens (primary N) is 1. The maximum Gasteiger partial charge on any atom is 0.255 e. The van der Waals surface area contributed by atoms with E-state index in [2.05, 4.69) is 11.8 Å². The normalized spacial score (nSPS) is 11.5. The molecule has 0 fully saturated rings. The van der Waals surface area contributed by atoms with Crippen molar-refractivity contribution in [1.29, 1.82) is 0 Å². The lowest BCUT2D eigenvalue weighted by Crippen LogP contribution is -2.41. The van der Waals surface area contributed by atoms with E-state index in [4.69, 9.17) is 10.5 Å². The summed E-state index contributed by atoms with van der Waals surface area (Å²) in [5.74, 6) is 4.78. The summed E-state index contributed by atoms with van der Waals surface area (Å²) in [5.41, 5.74) is 6.07. The minimum absolute atomic E-state index is 0.0760. The Balaban J connectivity index is 3.15. The third-order valence-electron chi connectivity index (χ3n) is 3.08. The van der Waals surface area contributed by atoms with Crippen molar-refractivity contribution in [3.05, 3.63) is 35.1 Å². The number of benzene rings is 1. The molecule has 5 heteroatoms. The molecule has 0 aliphatic heterocycles. The first-order valence-electron chi connectivity index (χ1n) is 6.83. The van der Waals surface area contributed by atoms with Crippen LogP contribution in [0.25, 0.3) is 0 Å². The summed E-state index contributed by atoms with van der Waals surface area (Å²) in [6, 6.07) is 3.90. The minimum Gasteiger partial charge on any atom is -0.383 e. The van der Waals surface area contributed by atoms with Crippen LogP contribution < -0.4 is 5.73 Å². The summed E-state index contributed by atoms with van der Waals surface area (Å²) in [4.78, 5) is 14.3. The summed E-state index contributed by atoms with van der Waals surface area (Å²) in [5, 5.41) is 0. The Morgan fingerprint density at radius 2 is 2.24 bits per heavy atom. The maximum atomic E-state index is 13.4. The van der Waals surface area contributed by atoms with Gasteiger partial charge in [0.05, 0.1) is 24.8 Å². The molecule has 0 bridgehead atoms. The van der Waals surface area contributed by atoms with E-state index in [0.29, 0.717) is 24.3 Å². The molecule has 0 aliphatic rings. The van der Waals surface area contributed by atoms with Crippen molar-refractivity contribution in [3.8, 4) is 11.8 Å². The van der Waals surface area contributed by atoms with Crippen LogP contribution in [0.1, 0.15) is 29.8 Å². The zero-order valence-electron chi connectivity index (χ0n) is 12.6. The first-order chi connectivity index (χ1) is 10.0. The Kier molecular flexibility index (Phi) is 6.86. The molecule has 0 radical (unpaired) electrons. The summed E-state index contributed by atoms with van der Waals surface area (Å²) in [6.07, 6.45) is 0. The Morgan fingerprint density at radius 1 is 1.52 bits per heavy atom. The van der Waals surface area contributed by atoms with Crippen molar-refractivity contribution in [1.82, 2.24) is 4.90 Å². The topological polar surface area (TPSA) is 55.6 Å². The van der Waals surface area contributed by atoms with E-state index in [9.17, 15) is 9.18 Å². The lowest BCUT2D eigenvalue weighted by molar-refractivity contribution is 0.0579. The monoisotopic (exact) mass is 292 g/mol. The third-order valence-corrected chi connectivity index (χ3v) is 3.08. The highest BCUT2D eigenvalue weighted by molar-refractivity contribution is 5.97. The second-order valence-corrected chi connectivity index (χ2v) is 4.59. The average Bonchev–Trinajstić information content (AvgIpc) is 2.46. The van der Waals surface area contributed by atoms with Crippen LogP contribution >= 0.6 is 0 Å². The fourth-order valence-corrected chi connectivity index (χ4v) is 2.09. The summed E-state index contributed by atoms with van der Waals surface area (Å²) in [7, 11) is 1.59. The van der Waals surface area contributed by atoms with Gasteiger partial charge >= 0.3 is 0 Å². The number of hydrogen-bond donors (Lipinski definition) is 1. The van der Waals surface area contributed by atoms with Gasteiger partial charge in [-0.15, -0.1) is 0 Å². The summed E-state index contributed by atoms with van der Waals surface area (Å²) >= 11 is 0. The molecule has 4 nitrogen and oxygen atoms in total. The Morgan fingerprint density at radius 3 is 2.81 bits per heavy atom. The molecule has 0 spiro atoms. The minimum atomic E-state index is -0.430. The van der Waals surface area contributed by atoms with Gasteiger partial charge in [-0.2, -0.15) is 0 Å². The lowest BCUT2D eigenvalue weighted by Gasteiger charge is -2.28. The molecule has 114 valence electrons. The molecule has 1 atom stereocenters. The zero-order chi connectivity index (χ0) is 15.8. The molecule has 0 aromatic heterocycles. The number of hydrogen-bond acceptors (Lipinski definition) is 3. The first-order valence-corrected chi connectivity index (χ1v) is 6.83. The number of carbonyl (C=O) groups excluding carboxylic acids is 1. The van der Waals surface area contributed by atoms with Crippen LogP contribution in [0.5, 0.6) is 0 Å². The molecule has 1 aromatic carbocycles. The van der Waals surface area contributed by atoms with Gasteiger partial charge in [-0.1, -0.05) is 11.8 Å². The number of likely N-dealkylation sites (N-methyl/N-ethyl adjacent to an activating group) is 1. The maximum absolute atomic E-state index is 13.4. The largest absolute Gasteiger partial charge is 0.383 e. The van der Waals surface area contributed by atoms with Gasteiger partial charge in [-0.25, -0.2) is 4.39 Å². The fourth-order valence-electron chi connectivity index (χ4n) is 2.09. The highest BCUT2D eigenvalue weighted by Crippen LogP contribution is 2.15. The number of nitrogens with zero attached hydrogens (tertiary/aromatic N) is 1. The van der Waals surface area contributed by atoms with Gasteiger partial charge < -0.3 is 15.4 Å². The highest BCUT2D eigenvalue weighted by atomic mass is 19.1. The van der Waals surface area contributed by atoms with Crippen molar-refractivity contribution in [2.24, 2.45) is 5.73 Å². The number of carbonyl (C=O) groups is 1. The van der Waals surface area contributed by atoms with E-state index in [-0.39, 0.29) is 18.5 Å². The standard InChI is InChI=1S/C16H21FN2O2/c1-4-19(12(2)11-21-3)16(20)15-8-7-14(17)10-13(15)6-5-9-18/h7-8,10,12H,4,9,11,18H2,1-3H3. The second kappa shape index (κ2) is 8.40. The third kappa shape index (κ3) is 4.55. The predicted octanol–water partition coefficient (Wildman–Crippen LogP) is 1.63. The van der Waals surface area contributed by atoms with Crippen LogP contribution in [0, 0.1) is 17.7 Å². The summed E-state index contributed by atoms with van der Waals surface area (Å²) in [6.45, 7) is 4.91. The number of rotatable bonds is 5. The quantitative estimate of drug-likeness (QED) is 0.839. The molecular formula is C16H21FN2O2. The molecule has 0 saturated carbocycles. The van der Waals surface area contributed by atoms with Crippen molar-refractivity contribution < 1.29 is 13.9 Å². The van der Waals surface area contributed by atoms with Crippen molar-refractivity contribution in [2.45, 2.75) is 19.9 Å². The van der Waals surface area contributed by atoms with Crippen molar-refractivity contribution in [2.75, 3.05) is 26.8 Å². The van der Waals surface area contributed by atoms with Gasteiger partial charge in [0.25, 0.3) is 5.91 Å². The molecule has 2 N–H and O–H groups in total. The molecule has 21 heavy (non-hydrogen) atoms. The zero-order valence-corrected chi connectivity index (χ0v) is 12.6. The number of methoxy groups -OCH3 is 1. The van der Waals surface area contributed by atoms with Crippen molar-refractivity contribution >= 4 is 5.91 Å². The lowest BCUT2D eigenvalue weighted by atomic mass is 10.1. The first kappa shape index (κ1) is 17.2. The van der Waals surface area contributed by atoms with Crippen LogP contribution in [-0.2, 0) is 4.74 Å². The van der Waals surface area contributed by atoms with E-state index in [1.165, 1.54) is 18.2 Å². The van der Waals surface area contributed by atoms with Crippen molar-refractivity contribution in [3.63, 3.8) is 0 Å². The molecule has 0 heterocycles. The average molecular weight is 292 g/mol. The van der Waals surface area contributed by atoms with Gasteiger partial charge in [0, 0.05) is 19.2 Å². The van der Waals surface area contributed by atoms with E-state index in [0.717, 1.165) is 0 Å². The molecule has 0 saturated heterocycles. The molecule has 1 rings (SSSR count). The molecular weight excluding hydrogens is 271 g/mol. The number of ether oxygens (including phenoxy) is 1. The van der Waals surface area contributed by atoms with E-state index in [1.807, 2.05) is 13.8 Å². The van der Waals surface area contributed by atoms with Crippen LogP contribution in [0.2, 0.25) is 0 Å². The van der Waals surface area contributed by atoms with Gasteiger partial charge in [0.1, 0.15) is 5.82 Å². The number of halogens is 1. The van der Waals surface area contributed by atoms with Gasteiger partial charge in [-0.05, 0) is 32.0 Å². The van der Waals surface area contributed by atoms with E-state index >= 15 is 0 Å². The molecule has 1 aromatic rings. The highest BCUT2D eigenvalue weighted by Gasteiger charge is 2.22. The van der Waals surface area contributed by atoms with E-state index < -0.39 is 5.82 Å². The smallest absolute Gasteiger partial charge is 0.255 e. The molecule has 1 amide bonds. The Labute approximate surface area is 125 Å². The van der Waals surface area contributed by atoms with Gasteiger partial charge in [0.15, 0.2) is 0 Å². The summed E-state index contributed by atoms with van der Waals surface area (Å²) < 4.78 is 18.4. The Hall–Kier alpha value is -1.90.